The van der Waals surface area contributed by atoms with E-state index in [1.54, 1.807) is 25.2 Å². The first-order valence-corrected chi connectivity index (χ1v) is 5.59. The average Bonchev–Trinajstić information content (AvgIpc) is 2.27. The maximum Gasteiger partial charge on any atom is 0.317 e. The van der Waals surface area contributed by atoms with Crippen LogP contribution in [0.15, 0.2) is 18.2 Å². The number of hydrogen-bond acceptors (Lipinski definition) is 4. The van der Waals surface area contributed by atoms with Gasteiger partial charge < -0.3 is 9.84 Å². The Morgan fingerprint density at radius 2 is 2.06 bits per heavy atom. The molecule has 0 fully saturated rings. The zero-order chi connectivity index (χ0) is 13.7. The summed E-state index contributed by atoms with van der Waals surface area (Å²) in [6.45, 7) is -0.197. The second-order valence-electron chi connectivity index (χ2n) is 3.83. The highest BCUT2D eigenvalue weighted by molar-refractivity contribution is 6.34. The van der Waals surface area contributed by atoms with Gasteiger partial charge in [-0.1, -0.05) is 11.6 Å². The number of halogens is 1. The first kappa shape index (κ1) is 14.5. The van der Waals surface area contributed by atoms with Gasteiger partial charge in [-0.25, -0.2) is 0 Å². The molecule has 98 valence electrons. The highest BCUT2D eigenvalue weighted by Crippen LogP contribution is 2.22. The number of ketones is 1. The molecular formula is C12H14ClNO4. The molecule has 1 rings (SSSR count). The summed E-state index contributed by atoms with van der Waals surface area (Å²) in [6, 6.07) is 4.75. The van der Waals surface area contributed by atoms with E-state index < -0.39 is 5.97 Å². The third-order valence-electron chi connectivity index (χ3n) is 2.30. The highest BCUT2D eigenvalue weighted by atomic mass is 35.5. The van der Waals surface area contributed by atoms with E-state index in [1.807, 2.05) is 0 Å². The molecule has 0 aromatic heterocycles. The van der Waals surface area contributed by atoms with Crippen molar-refractivity contribution in [2.24, 2.45) is 0 Å². The molecule has 0 unspecified atom stereocenters. The number of ether oxygens (including phenoxy) is 1. The van der Waals surface area contributed by atoms with Crippen LogP contribution in [0.3, 0.4) is 0 Å². The topological polar surface area (TPSA) is 66.8 Å². The van der Waals surface area contributed by atoms with E-state index in [0.29, 0.717) is 16.3 Å². The van der Waals surface area contributed by atoms with Gasteiger partial charge in [-0.3, -0.25) is 14.5 Å². The minimum Gasteiger partial charge on any atom is -0.497 e. The van der Waals surface area contributed by atoms with E-state index >= 15 is 0 Å². The lowest BCUT2D eigenvalue weighted by atomic mass is 10.1. The molecule has 0 atom stereocenters. The number of benzene rings is 1. The van der Waals surface area contributed by atoms with Gasteiger partial charge in [-0.05, 0) is 25.2 Å². The molecule has 18 heavy (non-hydrogen) atoms. The number of likely N-dealkylation sites (N-methyl/N-ethyl adjacent to an activating group) is 1. The van der Waals surface area contributed by atoms with Crippen molar-refractivity contribution < 1.29 is 19.4 Å². The van der Waals surface area contributed by atoms with Gasteiger partial charge in [-0.15, -0.1) is 0 Å². The lowest BCUT2D eigenvalue weighted by molar-refractivity contribution is -0.137. The smallest absolute Gasteiger partial charge is 0.317 e. The SMILES string of the molecule is COc1ccc(C(=O)CN(C)CC(=O)O)c(Cl)c1. The highest BCUT2D eigenvalue weighted by Gasteiger charge is 2.14. The molecule has 0 radical (unpaired) electrons. The van der Waals surface area contributed by atoms with Gasteiger partial charge >= 0.3 is 5.97 Å². The summed E-state index contributed by atoms with van der Waals surface area (Å²) in [5.74, 6) is -0.645. The number of carboxylic acid groups (broad SMARTS) is 1. The molecule has 1 aromatic rings. The molecule has 0 aliphatic carbocycles. The number of carboxylic acids is 1. The maximum absolute atomic E-state index is 11.9. The molecule has 0 amide bonds. The number of rotatable bonds is 6. The first-order valence-electron chi connectivity index (χ1n) is 5.21. The van der Waals surface area contributed by atoms with Crippen LogP contribution in [0.25, 0.3) is 0 Å². The number of carbonyl (C=O) groups is 2. The molecule has 0 bridgehead atoms. The number of aliphatic carboxylic acids is 1. The van der Waals surface area contributed by atoms with E-state index in [4.69, 9.17) is 21.4 Å². The van der Waals surface area contributed by atoms with Gasteiger partial charge in [-0.2, -0.15) is 0 Å². The fourth-order valence-corrected chi connectivity index (χ4v) is 1.74. The predicted octanol–water partition coefficient (Wildman–Crippen LogP) is 1.55. The van der Waals surface area contributed by atoms with E-state index in [2.05, 4.69) is 0 Å². The quantitative estimate of drug-likeness (QED) is 0.795. The number of carbonyl (C=O) groups excluding carboxylic acids is 1. The minimum absolute atomic E-state index is 0.00164. The maximum atomic E-state index is 11.9. The number of methoxy groups -OCH3 is 1. The van der Waals surface area contributed by atoms with Crippen molar-refractivity contribution in [2.75, 3.05) is 27.2 Å². The van der Waals surface area contributed by atoms with Gasteiger partial charge in [0.15, 0.2) is 5.78 Å². The largest absolute Gasteiger partial charge is 0.497 e. The van der Waals surface area contributed by atoms with Crippen LogP contribution < -0.4 is 4.74 Å². The molecule has 6 heteroatoms. The lowest BCUT2D eigenvalue weighted by Crippen LogP contribution is -2.31. The molecule has 5 nitrogen and oxygen atoms in total. The molecule has 0 aliphatic rings. The van der Waals surface area contributed by atoms with Gasteiger partial charge in [0.05, 0.1) is 25.2 Å². The molecule has 0 saturated heterocycles. The summed E-state index contributed by atoms with van der Waals surface area (Å²) in [6.07, 6.45) is 0. The Hall–Kier alpha value is -1.59. The number of hydrogen-bond donors (Lipinski definition) is 1. The molecule has 0 heterocycles. The van der Waals surface area contributed by atoms with Crippen LogP contribution in [0.5, 0.6) is 5.75 Å². The standard InChI is InChI=1S/C12H14ClNO4/c1-14(7-12(16)17)6-11(15)9-4-3-8(18-2)5-10(9)13/h3-5H,6-7H2,1-2H3,(H,16,17). The van der Waals surface area contributed by atoms with Crippen molar-refractivity contribution in [3.05, 3.63) is 28.8 Å². The van der Waals surface area contributed by atoms with Crippen molar-refractivity contribution in [2.45, 2.75) is 0 Å². The summed E-state index contributed by atoms with van der Waals surface area (Å²) >= 11 is 5.96. The van der Waals surface area contributed by atoms with Crippen LogP contribution in [-0.4, -0.2) is 49.0 Å². The van der Waals surface area contributed by atoms with E-state index in [1.165, 1.54) is 12.0 Å². The van der Waals surface area contributed by atoms with Crippen molar-refractivity contribution in [3.8, 4) is 5.75 Å². The molecule has 1 N–H and O–H groups in total. The van der Waals surface area contributed by atoms with Crippen LogP contribution >= 0.6 is 11.6 Å². The summed E-state index contributed by atoms with van der Waals surface area (Å²) < 4.78 is 4.98. The summed E-state index contributed by atoms with van der Waals surface area (Å²) in [7, 11) is 3.07. The van der Waals surface area contributed by atoms with Crippen molar-refractivity contribution in [1.29, 1.82) is 0 Å². The van der Waals surface area contributed by atoms with Crippen LogP contribution in [0.1, 0.15) is 10.4 Å². The van der Waals surface area contributed by atoms with Crippen LogP contribution in [-0.2, 0) is 4.79 Å². The van der Waals surface area contributed by atoms with E-state index in [9.17, 15) is 9.59 Å². The lowest BCUT2D eigenvalue weighted by Gasteiger charge is -2.13. The monoisotopic (exact) mass is 271 g/mol. The van der Waals surface area contributed by atoms with Crippen LogP contribution in [0, 0.1) is 0 Å². The Labute approximate surface area is 110 Å². The number of nitrogens with zero attached hydrogens (tertiary/aromatic N) is 1. The Morgan fingerprint density at radius 3 is 2.56 bits per heavy atom. The summed E-state index contributed by atoms with van der Waals surface area (Å²) in [4.78, 5) is 23.8. The fraction of sp³-hybridized carbons (Fsp3) is 0.333. The third-order valence-corrected chi connectivity index (χ3v) is 2.61. The van der Waals surface area contributed by atoms with Gasteiger partial charge in [0.25, 0.3) is 0 Å². The zero-order valence-corrected chi connectivity index (χ0v) is 10.9. The van der Waals surface area contributed by atoms with Crippen LogP contribution in [0.2, 0.25) is 5.02 Å². The van der Waals surface area contributed by atoms with Gasteiger partial charge in [0, 0.05) is 5.56 Å². The average molecular weight is 272 g/mol. The zero-order valence-electron chi connectivity index (χ0n) is 10.1. The fourth-order valence-electron chi connectivity index (χ4n) is 1.47. The van der Waals surface area contributed by atoms with Gasteiger partial charge in [0.2, 0.25) is 0 Å². The number of Topliss-reactive ketones (excluding diaryl/α,β-unsaturated/α-hetero) is 1. The normalized spacial score (nSPS) is 10.4. The van der Waals surface area contributed by atoms with Crippen molar-refractivity contribution in [1.82, 2.24) is 4.90 Å². The van der Waals surface area contributed by atoms with Gasteiger partial charge in [0.1, 0.15) is 5.75 Å². The van der Waals surface area contributed by atoms with Crippen molar-refractivity contribution >= 4 is 23.4 Å². The Bertz CT molecular complexity index is 461. The van der Waals surface area contributed by atoms with Crippen molar-refractivity contribution in [3.63, 3.8) is 0 Å². The molecule has 0 aliphatic heterocycles. The van der Waals surface area contributed by atoms with Crippen LogP contribution in [0.4, 0.5) is 0 Å². The third kappa shape index (κ3) is 4.01. The Morgan fingerprint density at radius 1 is 1.39 bits per heavy atom. The van der Waals surface area contributed by atoms with E-state index in [0.717, 1.165) is 0 Å². The molecular weight excluding hydrogens is 258 g/mol. The van der Waals surface area contributed by atoms with E-state index in [-0.39, 0.29) is 18.9 Å². The first-order chi connectivity index (χ1) is 8.43. The Balaban J connectivity index is 2.75. The molecule has 0 saturated carbocycles. The minimum atomic E-state index is -0.980. The second-order valence-corrected chi connectivity index (χ2v) is 4.24. The Kier molecular flexibility index (Phi) is 5.12. The molecule has 0 spiro atoms. The predicted molar refractivity (Wildman–Crippen MR) is 67.5 cm³/mol. The summed E-state index contributed by atoms with van der Waals surface area (Å²) in [5.41, 5.74) is 0.356. The second kappa shape index (κ2) is 6.37. The molecule has 1 aromatic carbocycles. The summed E-state index contributed by atoms with van der Waals surface area (Å²) in [5, 5.41) is 8.89.